The van der Waals surface area contributed by atoms with Gasteiger partial charge in [-0.3, -0.25) is 20.2 Å². The van der Waals surface area contributed by atoms with Gasteiger partial charge in [0, 0.05) is 11.1 Å². The third kappa shape index (κ3) is 4.41. The Labute approximate surface area is 198 Å². The number of carbonyl (C=O) groups is 1. The van der Waals surface area contributed by atoms with Crippen LogP contribution in [0.2, 0.25) is 0 Å². The Morgan fingerprint density at radius 3 is 2.32 bits per heavy atom. The molecule has 1 aliphatic heterocycles. The highest BCUT2D eigenvalue weighted by Gasteiger charge is 2.33. The van der Waals surface area contributed by atoms with Crippen molar-refractivity contribution in [3.05, 3.63) is 101 Å². The molecule has 1 fully saturated rings. The van der Waals surface area contributed by atoms with E-state index in [2.05, 4.69) is 20.4 Å². The van der Waals surface area contributed by atoms with E-state index in [0.29, 0.717) is 27.5 Å². The Bertz CT molecular complexity index is 1410. The minimum Gasteiger partial charge on any atom is -0.278 e. The van der Waals surface area contributed by atoms with Crippen molar-refractivity contribution in [2.75, 3.05) is 4.90 Å². The van der Waals surface area contributed by atoms with Crippen LogP contribution in [0.4, 0.5) is 21.5 Å². The molecule has 2 heterocycles. The second-order valence-electron chi connectivity index (χ2n) is 7.32. The molecule has 0 unspecified atom stereocenters. The summed E-state index contributed by atoms with van der Waals surface area (Å²) in [5.41, 5.74) is 4.03. The number of halogens is 1. The van der Waals surface area contributed by atoms with Crippen LogP contribution < -0.4 is 4.90 Å². The first-order chi connectivity index (χ1) is 16.6. The molecule has 0 spiro atoms. The van der Waals surface area contributed by atoms with Crippen LogP contribution in [0.25, 0.3) is 17.3 Å². The number of carbonyl (C=O) groups excluding carboxylic acids is 1. The number of anilines is 1. The highest BCUT2D eigenvalue weighted by atomic mass is 32.2. The molecule has 1 aliphatic rings. The van der Waals surface area contributed by atoms with E-state index in [1.807, 2.05) is 30.3 Å². The van der Waals surface area contributed by atoms with Crippen molar-refractivity contribution in [1.29, 1.82) is 5.41 Å². The Balaban J connectivity index is 1.36. The van der Waals surface area contributed by atoms with E-state index in [9.17, 15) is 9.18 Å². The number of amides is 1. The fourth-order valence-electron chi connectivity index (χ4n) is 3.39. The van der Waals surface area contributed by atoms with Gasteiger partial charge in [-0.15, -0.1) is 0 Å². The number of hydrogen-bond donors (Lipinski definition) is 2. The van der Waals surface area contributed by atoms with Crippen molar-refractivity contribution < 1.29 is 9.18 Å². The Kier molecular flexibility index (Phi) is 5.84. The molecule has 5 rings (SSSR count). The molecule has 166 valence electrons. The topological polar surface area (TPSA) is 97.6 Å². The van der Waals surface area contributed by atoms with Crippen LogP contribution in [0.1, 0.15) is 5.56 Å². The maximum atomic E-state index is 13.3. The molecule has 0 atom stereocenters. The van der Waals surface area contributed by atoms with E-state index in [4.69, 9.17) is 5.41 Å². The zero-order valence-corrected chi connectivity index (χ0v) is 18.5. The highest BCUT2D eigenvalue weighted by Crippen LogP contribution is 2.37. The number of nitrogens with zero attached hydrogens (tertiary/aromatic N) is 4. The summed E-state index contributed by atoms with van der Waals surface area (Å²) in [7, 11) is 0. The lowest BCUT2D eigenvalue weighted by atomic mass is 10.1. The van der Waals surface area contributed by atoms with Gasteiger partial charge in [0.25, 0.3) is 5.91 Å². The summed E-state index contributed by atoms with van der Waals surface area (Å²) in [6.45, 7) is 0. The van der Waals surface area contributed by atoms with E-state index in [-0.39, 0.29) is 16.9 Å². The number of azo groups is 1. The molecular weight excluding hydrogens is 451 g/mol. The van der Waals surface area contributed by atoms with Gasteiger partial charge in [-0.25, -0.2) is 4.39 Å². The first-order valence-electron chi connectivity index (χ1n) is 10.3. The summed E-state index contributed by atoms with van der Waals surface area (Å²) in [6, 6.07) is 22.4. The van der Waals surface area contributed by atoms with Crippen molar-refractivity contribution >= 4 is 46.0 Å². The molecule has 1 saturated heterocycles. The summed E-state index contributed by atoms with van der Waals surface area (Å²) < 4.78 is 13.3. The van der Waals surface area contributed by atoms with Gasteiger partial charge in [-0.2, -0.15) is 15.3 Å². The van der Waals surface area contributed by atoms with Gasteiger partial charge in [0.1, 0.15) is 5.82 Å². The largest absolute Gasteiger partial charge is 0.278 e. The third-order valence-corrected chi connectivity index (χ3v) is 5.95. The number of hydrogen-bond acceptors (Lipinski definition) is 6. The molecule has 7 nitrogen and oxygen atoms in total. The lowest BCUT2D eigenvalue weighted by molar-refractivity contribution is -0.113. The smallest absolute Gasteiger partial charge is 0.271 e. The molecule has 0 bridgehead atoms. The summed E-state index contributed by atoms with van der Waals surface area (Å²) in [5, 5.41) is 23.8. The molecule has 2 N–H and O–H groups in total. The zero-order chi connectivity index (χ0) is 23.5. The van der Waals surface area contributed by atoms with Crippen LogP contribution in [-0.2, 0) is 4.79 Å². The van der Waals surface area contributed by atoms with Gasteiger partial charge in [0.15, 0.2) is 5.17 Å². The number of nitrogens with one attached hydrogen (secondary N) is 2. The monoisotopic (exact) mass is 468 g/mol. The van der Waals surface area contributed by atoms with Crippen molar-refractivity contribution in [3.63, 3.8) is 0 Å². The highest BCUT2D eigenvalue weighted by molar-refractivity contribution is 8.19. The minimum absolute atomic E-state index is 0.0988. The van der Waals surface area contributed by atoms with E-state index < -0.39 is 0 Å². The molecule has 0 aliphatic carbocycles. The van der Waals surface area contributed by atoms with E-state index >= 15 is 0 Å². The molecule has 3 aromatic carbocycles. The van der Waals surface area contributed by atoms with Crippen molar-refractivity contribution in [2.24, 2.45) is 10.2 Å². The molecule has 9 heteroatoms. The molecule has 0 radical (unpaired) electrons. The van der Waals surface area contributed by atoms with Crippen LogP contribution in [0, 0.1) is 11.2 Å². The summed E-state index contributed by atoms with van der Waals surface area (Å²) in [4.78, 5) is 14.8. The summed E-state index contributed by atoms with van der Waals surface area (Å²) >= 11 is 1.07. The van der Waals surface area contributed by atoms with Crippen LogP contribution in [0.3, 0.4) is 0 Å². The number of H-pyrrole nitrogens is 1. The number of amidine groups is 1. The fraction of sp³-hybridized carbons (Fsp3) is 0. The maximum Gasteiger partial charge on any atom is 0.271 e. The van der Waals surface area contributed by atoms with Crippen molar-refractivity contribution in [2.45, 2.75) is 0 Å². The Morgan fingerprint density at radius 1 is 0.941 bits per heavy atom. The third-order valence-electron chi connectivity index (χ3n) is 5.06. The average molecular weight is 469 g/mol. The van der Waals surface area contributed by atoms with Crippen molar-refractivity contribution in [3.8, 4) is 11.3 Å². The van der Waals surface area contributed by atoms with E-state index in [0.717, 1.165) is 23.0 Å². The molecule has 34 heavy (non-hydrogen) atoms. The Hall–Kier alpha value is -4.37. The van der Waals surface area contributed by atoms with Gasteiger partial charge in [0.2, 0.25) is 0 Å². The average Bonchev–Trinajstić information content (AvgIpc) is 3.43. The minimum atomic E-state index is -0.332. The van der Waals surface area contributed by atoms with Gasteiger partial charge >= 0.3 is 0 Å². The lowest BCUT2D eigenvalue weighted by Gasteiger charge is -2.14. The molecular formula is C25H17FN6OS. The molecule has 1 aromatic heterocycles. The summed E-state index contributed by atoms with van der Waals surface area (Å²) in [6.07, 6.45) is 3.28. The lowest BCUT2D eigenvalue weighted by Crippen LogP contribution is -2.27. The van der Waals surface area contributed by atoms with Crippen LogP contribution in [-0.4, -0.2) is 21.3 Å². The zero-order valence-electron chi connectivity index (χ0n) is 17.6. The van der Waals surface area contributed by atoms with Crippen LogP contribution in [0.15, 0.2) is 100 Å². The number of benzene rings is 3. The number of thioether (sulfide) groups is 1. The number of aromatic amines is 1. The second kappa shape index (κ2) is 9.24. The maximum absolute atomic E-state index is 13.3. The SMILES string of the molecule is N=C1SC(=Cc2cn[nH]c2-c2ccc(F)cc2)C(=O)N1c1ccc(N=Nc2ccccc2)cc1. The van der Waals surface area contributed by atoms with Gasteiger partial charge in [-0.1, -0.05) is 18.2 Å². The van der Waals surface area contributed by atoms with E-state index in [1.165, 1.54) is 17.0 Å². The predicted octanol–water partition coefficient (Wildman–Crippen LogP) is 6.69. The quantitative estimate of drug-likeness (QED) is 0.252. The first kappa shape index (κ1) is 21.5. The van der Waals surface area contributed by atoms with Crippen LogP contribution in [0.5, 0.6) is 0 Å². The number of aromatic nitrogens is 2. The normalized spacial score (nSPS) is 15.1. The van der Waals surface area contributed by atoms with Crippen LogP contribution >= 0.6 is 11.8 Å². The standard InChI is InChI=1S/C25H17FN6OS/c26-18-8-6-16(7-9-18)23-17(15-28-31-23)14-22-24(33)32(25(27)34-22)21-12-10-20(11-13-21)30-29-19-4-2-1-3-5-19/h1-15,27H,(H,28,31). The van der Waals surface area contributed by atoms with Gasteiger partial charge < -0.3 is 0 Å². The van der Waals surface area contributed by atoms with Gasteiger partial charge in [-0.05, 0) is 78.5 Å². The van der Waals surface area contributed by atoms with E-state index in [1.54, 1.807) is 48.7 Å². The second-order valence-corrected chi connectivity index (χ2v) is 8.35. The first-order valence-corrected chi connectivity index (χ1v) is 11.1. The predicted molar refractivity (Wildman–Crippen MR) is 132 cm³/mol. The molecule has 1 amide bonds. The summed E-state index contributed by atoms with van der Waals surface area (Å²) in [5.74, 6) is -0.638. The Morgan fingerprint density at radius 2 is 1.62 bits per heavy atom. The fourth-order valence-corrected chi connectivity index (χ4v) is 4.25. The number of rotatable bonds is 5. The molecule has 0 saturated carbocycles. The molecule has 4 aromatic rings. The van der Waals surface area contributed by atoms with Gasteiger partial charge in [0.05, 0.1) is 33.9 Å². The van der Waals surface area contributed by atoms with Crippen molar-refractivity contribution in [1.82, 2.24) is 10.2 Å².